The Kier molecular flexibility index (Phi) is 7.27. The minimum Gasteiger partial charge on any atom is -0.461 e. The first-order valence-electron chi connectivity index (χ1n) is 13.8. The first-order valence-corrected chi connectivity index (χ1v) is 13.8. The Labute approximate surface area is 237 Å². The number of furan rings is 1. The van der Waals surface area contributed by atoms with Crippen molar-refractivity contribution in [2.45, 2.75) is 32.5 Å². The van der Waals surface area contributed by atoms with Gasteiger partial charge in [0.25, 0.3) is 11.5 Å². The average molecular weight is 556 g/mol. The molecule has 1 fully saturated rings. The van der Waals surface area contributed by atoms with Crippen molar-refractivity contribution in [1.29, 1.82) is 0 Å². The molecule has 41 heavy (non-hydrogen) atoms. The summed E-state index contributed by atoms with van der Waals surface area (Å²) in [5.41, 5.74) is 2.52. The summed E-state index contributed by atoms with van der Waals surface area (Å²) in [4.78, 5) is 42.7. The standard InChI is InChI=1S/C30H33N7O4/c1-20-5-10-27(41-20)22-8-6-21(7-9-22)15-35-16-23-14-28(38)31-11-13-34(2)29(39)25-4-3-12-36(30(25)40)17-24-18-37(33-32-24)26(23)19-35/h3-10,12,18,23,26H,11,13-17,19H2,1-2H3,(H,31,38)/t23-,26+/m0/s1. The highest BCUT2D eigenvalue weighted by atomic mass is 16.3. The van der Waals surface area contributed by atoms with Crippen LogP contribution in [-0.2, 0) is 17.9 Å². The molecule has 2 amide bonds. The molecule has 2 atom stereocenters. The average Bonchev–Trinajstić information content (AvgIpc) is 3.70. The van der Waals surface area contributed by atoms with Crippen molar-refractivity contribution in [2.75, 3.05) is 33.2 Å². The van der Waals surface area contributed by atoms with E-state index in [2.05, 4.69) is 44.8 Å². The van der Waals surface area contributed by atoms with Gasteiger partial charge in [0, 0.05) is 63.9 Å². The number of benzene rings is 1. The highest BCUT2D eigenvalue weighted by Gasteiger charge is 2.36. The fourth-order valence-electron chi connectivity index (χ4n) is 5.72. The first kappa shape index (κ1) is 26.7. The maximum absolute atomic E-state index is 13.1. The highest BCUT2D eigenvalue weighted by Crippen LogP contribution is 2.32. The van der Waals surface area contributed by atoms with Gasteiger partial charge in [-0.25, -0.2) is 4.68 Å². The van der Waals surface area contributed by atoms with Crippen LogP contribution in [0, 0.1) is 12.8 Å². The summed E-state index contributed by atoms with van der Waals surface area (Å²) < 4.78 is 9.06. The number of nitrogens with zero attached hydrogens (tertiary/aromatic N) is 6. The maximum Gasteiger partial charge on any atom is 0.263 e. The molecule has 11 heteroatoms. The number of aryl methyl sites for hydroxylation is 1. The van der Waals surface area contributed by atoms with E-state index in [4.69, 9.17) is 4.42 Å². The van der Waals surface area contributed by atoms with Crippen LogP contribution in [0.3, 0.4) is 0 Å². The van der Waals surface area contributed by atoms with Crippen LogP contribution in [0.2, 0.25) is 0 Å². The lowest BCUT2D eigenvalue weighted by Gasteiger charge is -2.20. The third kappa shape index (κ3) is 5.71. The predicted molar refractivity (Wildman–Crippen MR) is 151 cm³/mol. The van der Waals surface area contributed by atoms with Crippen molar-refractivity contribution in [3.8, 4) is 11.3 Å². The summed E-state index contributed by atoms with van der Waals surface area (Å²) in [6, 6.07) is 15.5. The van der Waals surface area contributed by atoms with Crippen LogP contribution in [0.4, 0.5) is 0 Å². The number of likely N-dealkylation sites (N-methyl/N-ethyl adjacent to an activating group) is 1. The van der Waals surface area contributed by atoms with Crippen LogP contribution >= 0.6 is 0 Å². The fraction of sp³-hybridized carbons (Fsp3) is 0.367. The van der Waals surface area contributed by atoms with E-state index in [0.29, 0.717) is 31.7 Å². The number of hydrogen-bond acceptors (Lipinski definition) is 7. The lowest BCUT2D eigenvalue weighted by Crippen LogP contribution is -2.39. The predicted octanol–water partition coefficient (Wildman–Crippen LogP) is 2.32. The lowest BCUT2D eigenvalue weighted by atomic mass is 9.99. The van der Waals surface area contributed by atoms with Gasteiger partial charge in [0.15, 0.2) is 0 Å². The Morgan fingerprint density at radius 1 is 1.05 bits per heavy atom. The molecule has 4 bridgehead atoms. The second-order valence-electron chi connectivity index (χ2n) is 11.0. The van der Waals surface area contributed by atoms with Crippen molar-refractivity contribution in [3.63, 3.8) is 0 Å². The quantitative estimate of drug-likeness (QED) is 0.412. The zero-order chi connectivity index (χ0) is 28.5. The van der Waals surface area contributed by atoms with Gasteiger partial charge in [-0.15, -0.1) is 5.10 Å². The van der Waals surface area contributed by atoms with Crippen molar-refractivity contribution in [1.82, 2.24) is 34.7 Å². The van der Waals surface area contributed by atoms with Gasteiger partial charge in [-0.2, -0.15) is 0 Å². The van der Waals surface area contributed by atoms with Gasteiger partial charge < -0.3 is 19.2 Å². The Bertz CT molecular complexity index is 1620. The number of hydrogen-bond donors (Lipinski definition) is 1. The van der Waals surface area contributed by atoms with Gasteiger partial charge in [-0.3, -0.25) is 19.3 Å². The van der Waals surface area contributed by atoms with Gasteiger partial charge in [0.05, 0.1) is 18.8 Å². The van der Waals surface area contributed by atoms with Gasteiger partial charge in [-0.05, 0) is 36.8 Å². The Morgan fingerprint density at radius 2 is 1.88 bits per heavy atom. The van der Waals surface area contributed by atoms with Gasteiger partial charge in [-0.1, -0.05) is 29.5 Å². The summed E-state index contributed by atoms with van der Waals surface area (Å²) in [6.45, 7) is 4.92. The van der Waals surface area contributed by atoms with Crippen LogP contribution < -0.4 is 10.9 Å². The molecule has 1 N–H and O–H groups in total. The Morgan fingerprint density at radius 3 is 2.66 bits per heavy atom. The molecule has 1 aromatic carbocycles. The summed E-state index contributed by atoms with van der Waals surface area (Å²) in [5, 5.41) is 11.7. The minimum atomic E-state index is -0.381. The Hall–Kier alpha value is -4.51. The second-order valence-corrected chi connectivity index (χ2v) is 11.0. The topological polar surface area (TPSA) is 119 Å². The van der Waals surface area contributed by atoms with E-state index >= 15 is 0 Å². The molecule has 2 aliphatic rings. The molecule has 0 saturated carbocycles. The lowest BCUT2D eigenvalue weighted by molar-refractivity contribution is -0.122. The molecule has 4 aromatic rings. The van der Waals surface area contributed by atoms with Gasteiger partial charge >= 0.3 is 0 Å². The fourth-order valence-corrected chi connectivity index (χ4v) is 5.72. The van der Waals surface area contributed by atoms with E-state index < -0.39 is 0 Å². The molecule has 0 radical (unpaired) electrons. The van der Waals surface area contributed by atoms with Gasteiger partial charge in [0.1, 0.15) is 22.8 Å². The summed E-state index contributed by atoms with van der Waals surface area (Å²) >= 11 is 0. The smallest absolute Gasteiger partial charge is 0.263 e. The highest BCUT2D eigenvalue weighted by molar-refractivity contribution is 5.93. The summed E-state index contributed by atoms with van der Waals surface area (Å²) in [5.74, 6) is 1.30. The number of pyridine rings is 1. The Balaban J connectivity index is 1.23. The SMILES string of the molecule is Cc1ccc(-c2ccc(CN3C[C@@H]4CC(=O)NCCN(C)C(=O)c5cccn(c5=O)Cc5cn(nn5)[C@@H]4C3)cc2)o1. The molecule has 0 aliphatic carbocycles. The van der Waals surface area contributed by atoms with Gasteiger partial charge in [0.2, 0.25) is 5.91 Å². The summed E-state index contributed by atoms with van der Waals surface area (Å²) in [7, 11) is 1.63. The number of rotatable bonds is 3. The monoisotopic (exact) mass is 555 g/mol. The van der Waals surface area contributed by atoms with Crippen molar-refractivity contribution in [3.05, 3.63) is 93.9 Å². The number of amides is 2. The molecule has 1 saturated heterocycles. The zero-order valence-electron chi connectivity index (χ0n) is 23.2. The molecule has 5 heterocycles. The molecule has 0 spiro atoms. The zero-order valence-corrected chi connectivity index (χ0v) is 23.2. The van der Waals surface area contributed by atoms with E-state index in [1.807, 2.05) is 29.9 Å². The largest absolute Gasteiger partial charge is 0.461 e. The normalized spacial score (nSPS) is 20.2. The van der Waals surface area contributed by atoms with Crippen molar-refractivity contribution >= 4 is 11.8 Å². The van der Waals surface area contributed by atoms with E-state index in [-0.39, 0.29) is 41.4 Å². The number of carbonyl (C=O) groups is 2. The van der Waals surface area contributed by atoms with Crippen LogP contribution in [0.1, 0.15) is 39.8 Å². The number of nitrogens with one attached hydrogen (secondary N) is 1. The minimum absolute atomic E-state index is 0.0215. The molecule has 0 unspecified atom stereocenters. The molecule has 2 aliphatic heterocycles. The van der Waals surface area contributed by atoms with E-state index in [1.54, 1.807) is 19.3 Å². The number of carbonyl (C=O) groups excluding carboxylic acids is 2. The van der Waals surface area contributed by atoms with Crippen LogP contribution in [0.5, 0.6) is 0 Å². The van der Waals surface area contributed by atoms with E-state index in [1.165, 1.54) is 21.1 Å². The molecule has 6 rings (SSSR count). The molecular formula is C30H33N7O4. The molecule has 11 nitrogen and oxygen atoms in total. The van der Waals surface area contributed by atoms with Crippen LogP contribution in [-0.4, -0.2) is 74.4 Å². The molecule has 3 aromatic heterocycles. The third-order valence-corrected chi connectivity index (χ3v) is 7.91. The third-order valence-electron chi connectivity index (χ3n) is 7.91. The van der Waals surface area contributed by atoms with E-state index in [0.717, 1.165) is 30.2 Å². The van der Waals surface area contributed by atoms with Crippen LogP contribution in [0.15, 0.2) is 70.1 Å². The number of fused-ring (bicyclic) bond motifs is 6. The van der Waals surface area contributed by atoms with Crippen molar-refractivity contribution in [2.24, 2.45) is 5.92 Å². The van der Waals surface area contributed by atoms with Crippen molar-refractivity contribution < 1.29 is 14.0 Å². The molecular weight excluding hydrogens is 522 g/mol. The first-order chi connectivity index (χ1) is 19.8. The number of aromatic nitrogens is 4. The molecule has 212 valence electrons. The number of likely N-dealkylation sites (tertiary alicyclic amines) is 1. The van der Waals surface area contributed by atoms with Crippen LogP contribution in [0.25, 0.3) is 11.3 Å². The summed E-state index contributed by atoms with van der Waals surface area (Å²) in [6.07, 6.45) is 3.83. The second kappa shape index (κ2) is 11.2. The maximum atomic E-state index is 13.1. The van der Waals surface area contributed by atoms with E-state index in [9.17, 15) is 14.4 Å².